The van der Waals surface area contributed by atoms with Crippen molar-refractivity contribution < 1.29 is 4.74 Å². The first-order valence-electron chi connectivity index (χ1n) is 6.88. The van der Waals surface area contributed by atoms with Crippen LogP contribution < -0.4 is 10.1 Å². The Kier molecular flexibility index (Phi) is 5.31. The first-order valence-corrected chi connectivity index (χ1v) is 7.26. The summed E-state index contributed by atoms with van der Waals surface area (Å²) in [5.41, 5.74) is 3.44. The van der Waals surface area contributed by atoms with Gasteiger partial charge in [0, 0.05) is 22.8 Å². The van der Waals surface area contributed by atoms with E-state index in [-0.39, 0.29) is 0 Å². The van der Waals surface area contributed by atoms with Crippen molar-refractivity contribution >= 4 is 17.3 Å². The van der Waals surface area contributed by atoms with Crippen LogP contribution in [0, 0.1) is 0 Å². The lowest BCUT2D eigenvalue weighted by molar-refractivity contribution is 0.410. The fraction of sp³-hybridized carbons (Fsp3) is 0.294. The minimum Gasteiger partial charge on any atom is -0.496 e. The molecule has 0 bridgehead atoms. The lowest BCUT2D eigenvalue weighted by atomic mass is 10.1. The summed E-state index contributed by atoms with van der Waals surface area (Å²) in [4.78, 5) is 0. The summed E-state index contributed by atoms with van der Waals surface area (Å²) in [5, 5.41) is 4.10. The van der Waals surface area contributed by atoms with Crippen LogP contribution >= 0.6 is 11.6 Å². The first-order chi connectivity index (χ1) is 9.74. The van der Waals surface area contributed by atoms with E-state index in [1.54, 1.807) is 7.11 Å². The second kappa shape index (κ2) is 7.20. The topological polar surface area (TPSA) is 21.3 Å². The van der Waals surface area contributed by atoms with Gasteiger partial charge in [0.25, 0.3) is 0 Å². The molecule has 0 heterocycles. The zero-order valence-corrected chi connectivity index (χ0v) is 12.7. The highest BCUT2D eigenvalue weighted by atomic mass is 35.5. The highest BCUT2D eigenvalue weighted by Crippen LogP contribution is 2.27. The van der Waals surface area contributed by atoms with Crippen LogP contribution in [0.1, 0.15) is 24.5 Å². The standard InChI is InChI=1S/C17H20ClNO/c1-3-5-13-8-10-14(11-9-13)19-12-15-16(18)6-4-7-17(15)20-2/h4,6-11,19H,3,5,12H2,1-2H3. The molecule has 0 aromatic heterocycles. The molecule has 2 rings (SSSR count). The van der Waals surface area contributed by atoms with E-state index in [1.807, 2.05) is 18.2 Å². The maximum atomic E-state index is 6.22. The molecule has 1 N–H and O–H groups in total. The summed E-state index contributed by atoms with van der Waals surface area (Å²) in [6, 6.07) is 14.2. The number of rotatable bonds is 6. The fourth-order valence-corrected chi connectivity index (χ4v) is 2.40. The summed E-state index contributed by atoms with van der Waals surface area (Å²) >= 11 is 6.22. The molecule has 0 spiro atoms. The molecular weight excluding hydrogens is 270 g/mol. The molecule has 0 aliphatic heterocycles. The number of anilines is 1. The van der Waals surface area contributed by atoms with Gasteiger partial charge in [0.2, 0.25) is 0 Å². The van der Waals surface area contributed by atoms with E-state index < -0.39 is 0 Å². The predicted octanol–water partition coefficient (Wildman–Crippen LogP) is 4.91. The molecule has 0 unspecified atom stereocenters. The van der Waals surface area contributed by atoms with Gasteiger partial charge in [0.1, 0.15) is 5.75 Å². The third kappa shape index (κ3) is 3.67. The maximum Gasteiger partial charge on any atom is 0.125 e. The third-order valence-corrected chi connectivity index (χ3v) is 3.61. The number of aryl methyl sites for hydroxylation is 1. The molecule has 20 heavy (non-hydrogen) atoms. The summed E-state index contributed by atoms with van der Waals surface area (Å²) in [7, 11) is 1.66. The summed E-state index contributed by atoms with van der Waals surface area (Å²) < 4.78 is 5.34. The maximum absolute atomic E-state index is 6.22. The highest BCUT2D eigenvalue weighted by molar-refractivity contribution is 6.31. The van der Waals surface area contributed by atoms with E-state index in [4.69, 9.17) is 16.3 Å². The Bertz CT molecular complexity index is 551. The van der Waals surface area contributed by atoms with Crippen molar-refractivity contribution in [3.63, 3.8) is 0 Å². The second-order valence-electron chi connectivity index (χ2n) is 4.72. The quantitative estimate of drug-likeness (QED) is 0.815. The number of benzene rings is 2. The molecule has 3 heteroatoms. The van der Waals surface area contributed by atoms with Crippen molar-refractivity contribution in [1.82, 2.24) is 0 Å². The largest absolute Gasteiger partial charge is 0.496 e. The Morgan fingerprint density at radius 3 is 2.50 bits per heavy atom. The molecule has 2 aromatic rings. The molecule has 0 atom stereocenters. The van der Waals surface area contributed by atoms with Gasteiger partial charge in [-0.25, -0.2) is 0 Å². The van der Waals surface area contributed by atoms with Crippen LogP contribution in [0.4, 0.5) is 5.69 Å². The lowest BCUT2D eigenvalue weighted by Crippen LogP contribution is -2.02. The molecule has 2 aromatic carbocycles. The molecule has 2 nitrogen and oxygen atoms in total. The summed E-state index contributed by atoms with van der Waals surface area (Å²) in [6.07, 6.45) is 2.29. The fourth-order valence-electron chi connectivity index (χ4n) is 2.17. The van der Waals surface area contributed by atoms with Crippen molar-refractivity contribution in [2.75, 3.05) is 12.4 Å². The molecule has 0 aliphatic carbocycles. The number of hydrogen-bond donors (Lipinski definition) is 1. The van der Waals surface area contributed by atoms with Gasteiger partial charge < -0.3 is 10.1 Å². The number of halogens is 1. The van der Waals surface area contributed by atoms with Crippen LogP contribution in [0.3, 0.4) is 0 Å². The van der Waals surface area contributed by atoms with Gasteiger partial charge in [0.05, 0.1) is 7.11 Å². The van der Waals surface area contributed by atoms with Crippen LogP contribution in [0.2, 0.25) is 5.02 Å². The Morgan fingerprint density at radius 2 is 1.85 bits per heavy atom. The minimum atomic E-state index is 0.649. The smallest absolute Gasteiger partial charge is 0.125 e. The number of methoxy groups -OCH3 is 1. The van der Waals surface area contributed by atoms with E-state index in [9.17, 15) is 0 Å². The monoisotopic (exact) mass is 289 g/mol. The van der Waals surface area contributed by atoms with Crippen LogP contribution in [0.5, 0.6) is 5.75 Å². The van der Waals surface area contributed by atoms with E-state index in [0.717, 1.165) is 28.4 Å². The van der Waals surface area contributed by atoms with Gasteiger partial charge in [-0.1, -0.05) is 43.1 Å². The average Bonchev–Trinajstić information content (AvgIpc) is 2.47. The summed E-state index contributed by atoms with van der Waals surface area (Å²) in [5.74, 6) is 0.813. The first kappa shape index (κ1) is 14.7. The van der Waals surface area contributed by atoms with Crippen LogP contribution in [0.25, 0.3) is 0 Å². The number of nitrogens with one attached hydrogen (secondary N) is 1. The van der Waals surface area contributed by atoms with E-state index >= 15 is 0 Å². The van der Waals surface area contributed by atoms with Crippen molar-refractivity contribution in [3.8, 4) is 5.75 Å². The minimum absolute atomic E-state index is 0.649. The van der Waals surface area contributed by atoms with Crippen molar-refractivity contribution in [3.05, 3.63) is 58.6 Å². The van der Waals surface area contributed by atoms with Crippen molar-refractivity contribution in [2.45, 2.75) is 26.3 Å². The molecule has 0 amide bonds. The highest BCUT2D eigenvalue weighted by Gasteiger charge is 2.07. The van der Waals surface area contributed by atoms with E-state index in [2.05, 4.69) is 36.5 Å². The number of ether oxygens (including phenoxy) is 1. The molecule has 0 aliphatic rings. The molecule has 0 saturated heterocycles. The zero-order chi connectivity index (χ0) is 14.4. The van der Waals surface area contributed by atoms with Gasteiger partial charge in [-0.2, -0.15) is 0 Å². The Morgan fingerprint density at radius 1 is 1.10 bits per heavy atom. The van der Waals surface area contributed by atoms with Crippen LogP contribution in [-0.2, 0) is 13.0 Å². The van der Waals surface area contributed by atoms with Gasteiger partial charge in [-0.3, -0.25) is 0 Å². The molecule has 0 saturated carbocycles. The van der Waals surface area contributed by atoms with Crippen LogP contribution in [0.15, 0.2) is 42.5 Å². The molecule has 106 valence electrons. The van der Waals surface area contributed by atoms with Crippen LogP contribution in [-0.4, -0.2) is 7.11 Å². The Balaban J connectivity index is 2.05. The van der Waals surface area contributed by atoms with Gasteiger partial charge in [-0.15, -0.1) is 0 Å². The molecule has 0 fully saturated rings. The normalized spacial score (nSPS) is 10.3. The summed E-state index contributed by atoms with van der Waals surface area (Å²) in [6.45, 7) is 2.84. The van der Waals surface area contributed by atoms with Gasteiger partial charge in [0.15, 0.2) is 0 Å². The molecular formula is C17H20ClNO. The second-order valence-corrected chi connectivity index (χ2v) is 5.13. The van der Waals surface area contributed by atoms with E-state index in [1.165, 1.54) is 12.0 Å². The SMILES string of the molecule is CCCc1ccc(NCc2c(Cl)cccc2OC)cc1. The van der Waals surface area contributed by atoms with Gasteiger partial charge >= 0.3 is 0 Å². The average molecular weight is 290 g/mol. The van der Waals surface area contributed by atoms with E-state index in [0.29, 0.717) is 6.54 Å². The van der Waals surface area contributed by atoms with Crippen molar-refractivity contribution in [2.24, 2.45) is 0 Å². The van der Waals surface area contributed by atoms with Gasteiger partial charge in [-0.05, 0) is 36.2 Å². The van der Waals surface area contributed by atoms with Crippen molar-refractivity contribution in [1.29, 1.82) is 0 Å². The Labute approximate surface area is 125 Å². The Hall–Kier alpha value is -1.67. The molecule has 0 radical (unpaired) electrons. The lowest BCUT2D eigenvalue weighted by Gasteiger charge is -2.12. The third-order valence-electron chi connectivity index (χ3n) is 3.26. The zero-order valence-electron chi connectivity index (χ0n) is 11.9. The number of hydrogen-bond acceptors (Lipinski definition) is 2. The predicted molar refractivity (Wildman–Crippen MR) is 85.8 cm³/mol.